The molecule has 0 aromatic heterocycles. The smallest absolute Gasteiger partial charge is 0.0451 e. The zero-order valence-electron chi connectivity index (χ0n) is 11.2. The minimum atomic E-state index is 0.462. The van der Waals surface area contributed by atoms with Gasteiger partial charge in [-0.15, -0.1) is 0 Å². The molecule has 1 aliphatic carbocycles. The zero-order valence-corrected chi connectivity index (χ0v) is 11.2. The molecule has 0 amide bonds. The molecule has 0 heterocycles. The minimum absolute atomic E-state index is 0.462. The molecule has 0 spiro atoms. The summed E-state index contributed by atoms with van der Waals surface area (Å²) in [5.74, 6) is 0.906. The van der Waals surface area contributed by atoms with Crippen molar-refractivity contribution >= 4 is 0 Å². The van der Waals surface area contributed by atoms with E-state index in [1.807, 2.05) is 0 Å². The first-order valence-corrected chi connectivity index (χ1v) is 6.61. The predicted molar refractivity (Wildman–Crippen MR) is 73.1 cm³/mol. The van der Waals surface area contributed by atoms with E-state index in [1.54, 1.807) is 0 Å². The Balaban J connectivity index is 1.98. The summed E-state index contributed by atoms with van der Waals surface area (Å²) in [4.78, 5) is 2.26. The third-order valence-corrected chi connectivity index (χ3v) is 3.56. The first-order chi connectivity index (χ1) is 8.15. The predicted octanol–water partition coefficient (Wildman–Crippen LogP) is 2.68. The van der Waals surface area contributed by atoms with Crippen LogP contribution in [0.15, 0.2) is 30.3 Å². The van der Waals surface area contributed by atoms with Gasteiger partial charge in [0, 0.05) is 18.6 Å². The van der Waals surface area contributed by atoms with E-state index in [2.05, 4.69) is 61.6 Å². The molecular formula is C15H24N2. The van der Waals surface area contributed by atoms with Crippen LogP contribution in [0.3, 0.4) is 0 Å². The molecule has 1 fully saturated rings. The summed E-state index contributed by atoms with van der Waals surface area (Å²) in [5, 5.41) is 3.79. The van der Waals surface area contributed by atoms with E-state index in [0.717, 1.165) is 18.5 Å². The van der Waals surface area contributed by atoms with Crippen LogP contribution in [-0.2, 0) is 0 Å². The summed E-state index contributed by atoms with van der Waals surface area (Å²) < 4.78 is 0. The highest BCUT2D eigenvalue weighted by Gasteiger charge is 2.27. The van der Waals surface area contributed by atoms with E-state index in [4.69, 9.17) is 0 Å². The van der Waals surface area contributed by atoms with Gasteiger partial charge in [0.1, 0.15) is 0 Å². The van der Waals surface area contributed by atoms with Crippen LogP contribution in [0.1, 0.15) is 31.4 Å². The number of nitrogens with zero attached hydrogens (tertiary/aromatic N) is 1. The Hall–Kier alpha value is -0.860. The highest BCUT2D eigenvalue weighted by Crippen LogP contribution is 2.28. The number of hydrogen-bond acceptors (Lipinski definition) is 2. The summed E-state index contributed by atoms with van der Waals surface area (Å²) in [5.41, 5.74) is 1.40. The molecule has 1 aromatic rings. The van der Waals surface area contributed by atoms with Gasteiger partial charge >= 0.3 is 0 Å². The van der Waals surface area contributed by atoms with Gasteiger partial charge in [0.05, 0.1) is 0 Å². The van der Waals surface area contributed by atoms with Crippen LogP contribution in [0.2, 0.25) is 0 Å². The molecular weight excluding hydrogens is 208 g/mol. The van der Waals surface area contributed by atoms with Gasteiger partial charge < -0.3 is 10.2 Å². The lowest BCUT2D eigenvalue weighted by Crippen LogP contribution is -2.44. The van der Waals surface area contributed by atoms with Crippen LogP contribution in [0.4, 0.5) is 0 Å². The Morgan fingerprint density at radius 3 is 2.41 bits per heavy atom. The largest absolute Gasteiger partial charge is 0.308 e. The molecule has 1 unspecified atom stereocenters. The van der Waals surface area contributed by atoms with E-state index >= 15 is 0 Å². The molecule has 2 heteroatoms. The fourth-order valence-corrected chi connectivity index (χ4v) is 2.63. The summed E-state index contributed by atoms with van der Waals surface area (Å²) in [6, 6.07) is 12.0. The maximum Gasteiger partial charge on any atom is 0.0451 e. The van der Waals surface area contributed by atoms with Gasteiger partial charge in [0.25, 0.3) is 0 Å². The van der Waals surface area contributed by atoms with Crippen molar-refractivity contribution in [1.82, 2.24) is 10.2 Å². The van der Waals surface area contributed by atoms with E-state index < -0.39 is 0 Å². The second-order valence-electron chi connectivity index (χ2n) is 5.67. The van der Waals surface area contributed by atoms with Crippen LogP contribution < -0.4 is 5.32 Å². The van der Waals surface area contributed by atoms with Gasteiger partial charge in [-0.1, -0.05) is 37.3 Å². The van der Waals surface area contributed by atoms with Crippen LogP contribution in [0, 0.1) is 5.92 Å². The van der Waals surface area contributed by atoms with Crippen LogP contribution in [0.25, 0.3) is 0 Å². The standard InChI is InChI=1S/C15H24N2/c1-12-9-14(10-12)16-15(11-17(2)3)13-7-5-4-6-8-13/h4-8,12,14-16H,9-11H2,1-3H3. The Morgan fingerprint density at radius 1 is 1.24 bits per heavy atom. The van der Waals surface area contributed by atoms with E-state index in [-0.39, 0.29) is 0 Å². The number of nitrogens with one attached hydrogen (secondary N) is 1. The Morgan fingerprint density at radius 2 is 1.88 bits per heavy atom. The van der Waals surface area contributed by atoms with E-state index in [1.165, 1.54) is 18.4 Å². The molecule has 1 N–H and O–H groups in total. The third kappa shape index (κ3) is 3.55. The number of benzene rings is 1. The zero-order chi connectivity index (χ0) is 12.3. The second kappa shape index (κ2) is 5.65. The van der Waals surface area contributed by atoms with Gasteiger partial charge in [0.2, 0.25) is 0 Å². The molecule has 1 saturated carbocycles. The summed E-state index contributed by atoms with van der Waals surface area (Å²) in [7, 11) is 4.28. The van der Waals surface area contributed by atoms with Gasteiger partial charge in [-0.25, -0.2) is 0 Å². The van der Waals surface area contributed by atoms with Crippen molar-refractivity contribution in [3.8, 4) is 0 Å². The first kappa shape index (κ1) is 12.6. The SMILES string of the molecule is CC1CC(NC(CN(C)C)c2ccccc2)C1. The number of rotatable bonds is 5. The van der Waals surface area contributed by atoms with Crippen molar-refractivity contribution in [2.75, 3.05) is 20.6 Å². The van der Waals surface area contributed by atoms with Crippen LogP contribution >= 0.6 is 0 Å². The summed E-state index contributed by atoms with van der Waals surface area (Å²) >= 11 is 0. The fraction of sp³-hybridized carbons (Fsp3) is 0.600. The van der Waals surface area contributed by atoms with Crippen molar-refractivity contribution in [3.05, 3.63) is 35.9 Å². The number of hydrogen-bond donors (Lipinski definition) is 1. The summed E-state index contributed by atoms with van der Waals surface area (Å²) in [6.45, 7) is 3.40. The third-order valence-electron chi connectivity index (χ3n) is 3.56. The summed E-state index contributed by atoms with van der Waals surface area (Å²) in [6.07, 6.45) is 2.66. The Labute approximate surface area is 105 Å². The molecule has 1 atom stereocenters. The Kier molecular flexibility index (Phi) is 4.19. The quantitative estimate of drug-likeness (QED) is 0.839. The molecule has 1 aromatic carbocycles. The molecule has 0 bridgehead atoms. The molecule has 2 rings (SSSR count). The first-order valence-electron chi connectivity index (χ1n) is 6.61. The maximum absolute atomic E-state index is 3.79. The molecule has 0 radical (unpaired) electrons. The topological polar surface area (TPSA) is 15.3 Å². The number of likely N-dealkylation sites (N-methyl/N-ethyl adjacent to an activating group) is 1. The van der Waals surface area contributed by atoms with E-state index in [0.29, 0.717) is 6.04 Å². The van der Waals surface area contributed by atoms with Gasteiger partial charge in [0.15, 0.2) is 0 Å². The normalized spacial score (nSPS) is 25.6. The lowest BCUT2D eigenvalue weighted by Gasteiger charge is -2.37. The molecule has 0 aliphatic heterocycles. The van der Waals surface area contributed by atoms with Crippen molar-refractivity contribution in [3.63, 3.8) is 0 Å². The lowest BCUT2D eigenvalue weighted by molar-refractivity contribution is 0.206. The van der Waals surface area contributed by atoms with Crippen LogP contribution in [-0.4, -0.2) is 31.6 Å². The molecule has 2 nitrogen and oxygen atoms in total. The van der Waals surface area contributed by atoms with E-state index in [9.17, 15) is 0 Å². The average Bonchev–Trinajstić information content (AvgIpc) is 2.26. The monoisotopic (exact) mass is 232 g/mol. The molecule has 94 valence electrons. The minimum Gasteiger partial charge on any atom is -0.308 e. The van der Waals surface area contributed by atoms with Gasteiger partial charge in [-0.05, 0) is 38.4 Å². The maximum atomic E-state index is 3.79. The second-order valence-corrected chi connectivity index (χ2v) is 5.67. The molecule has 0 saturated heterocycles. The Bertz CT molecular complexity index is 328. The van der Waals surface area contributed by atoms with Crippen molar-refractivity contribution in [1.29, 1.82) is 0 Å². The molecule has 17 heavy (non-hydrogen) atoms. The van der Waals surface area contributed by atoms with Gasteiger partial charge in [-0.2, -0.15) is 0 Å². The van der Waals surface area contributed by atoms with Crippen molar-refractivity contribution in [2.45, 2.75) is 31.8 Å². The molecule has 1 aliphatic rings. The lowest BCUT2D eigenvalue weighted by atomic mass is 9.81. The fourth-order valence-electron chi connectivity index (χ4n) is 2.63. The van der Waals surface area contributed by atoms with Crippen molar-refractivity contribution in [2.24, 2.45) is 5.92 Å². The average molecular weight is 232 g/mol. The highest BCUT2D eigenvalue weighted by molar-refractivity contribution is 5.19. The van der Waals surface area contributed by atoms with Gasteiger partial charge in [-0.3, -0.25) is 0 Å². The highest BCUT2D eigenvalue weighted by atomic mass is 15.1. The van der Waals surface area contributed by atoms with Crippen LogP contribution in [0.5, 0.6) is 0 Å². The van der Waals surface area contributed by atoms with Crippen molar-refractivity contribution < 1.29 is 0 Å².